The fraction of sp³-hybridized carbons (Fsp3) is 0.167. The van der Waals surface area contributed by atoms with Crippen LogP contribution in [-0.4, -0.2) is 12.7 Å². The Kier molecular flexibility index (Phi) is 4.71. The summed E-state index contributed by atoms with van der Waals surface area (Å²) in [7, 11) is 0.694. The van der Waals surface area contributed by atoms with Crippen molar-refractivity contribution in [2.45, 2.75) is 12.8 Å². The maximum atomic E-state index is 8.64. The Morgan fingerprint density at radius 1 is 1.27 bits per heavy atom. The van der Waals surface area contributed by atoms with Gasteiger partial charge in [-0.3, -0.25) is 0 Å². The van der Waals surface area contributed by atoms with Crippen LogP contribution in [0.3, 0.4) is 0 Å². The molecule has 0 aliphatic rings. The lowest BCUT2D eigenvalue weighted by molar-refractivity contribution is 0.451. The molecule has 2 nitrogen and oxygen atoms in total. The third-order valence-electron chi connectivity index (χ3n) is 2.12. The summed E-state index contributed by atoms with van der Waals surface area (Å²) in [6.45, 7) is 7.41. The molecular weight excluding hydrogens is 187 g/mol. The van der Waals surface area contributed by atoms with Crippen LogP contribution in [0.4, 0.5) is 0 Å². The summed E-state index contributed by atoms with van der Waals surface area (Å²) in [4.78, 5) is 0. The minimum atomic E-state index is 0.664. The first-order chi connectivity index (χ1) is 7.33. The van der Waals surface area contributed by atoms with Crippen molar-refractivity contribution in [2.24, 2.45) is 0 Å². The van der Waals surface area contributed by atoms with E-state index >= 15 is 0 Å². The number of hydrogen-bond acceptors (Lipinski definition) is 2. The van der Waals surface area contributed by atoms with Crippen LogP contribution in [0.2, 0.25) is 0 Å². The van der Waals surface area contributed by atoms with Crippen molar-refractivity contribution >= 4 is 7.69 Å². The Morgan fingerprint density at radius 2 is 2.00 bits per heavy atom. The normalized spacial score (nSPS) is 9.40. The molecule has 1 aromatic rings. The molecule has 0 aliphatic carbocycles. The van der Waals surface area contributed by atoms with Crippen molar-refractivity contribution in [3.05, 3.63) is 54.6 Å². The van der Waals surface area contributed by atoms with Crippen LogP contribution < -0.4 is 4.65 Å². The molecule has 0 aromatic heterocycles. The van der Waals surface area contributed by atoms with E-state index in [1.807, 2.05) is 30.4 Å². The van der Waals surface area contributed by atoms with Crippen LogP contribution in [0.15, 0.2) is 43.5 Å². The molecule has 0 saturated heterocycles. The zero-order chi connectivity index (χ0) is 11.1. The molecule has 77 valence electrons. The first-order valence-corrected chi connectivity index (χ1v) is 4.78. The Labute approximate surface area is 91.2 Å². The molecule has 0 saturated carbocycles. The maximum absolute atomic E-state index is 8.64. The van der Waals surface area contributed by atoms with Gasteiger partial charge in [0, 0.05) is 0 Å². The van der Waals surface area contributed by atoms with Crippen molar-refractivity contribution < 1.29 is 9.68 Å². The predicted molar refractivity (Wildman–Crippen MR) is 62.8 cm³/mol. The van der Waals surface area contributed by atoms with Gasteiger partial charge in [-0.2, -0.15) is 0 Å². The van der Waals surface area contributed by atoms with E-state index in [4.69, 9.17) is 9.68 Å². The summed E-state index contributed by atoms with van der Waals surface area (Å²) in [6, 6.07) is 5.73. The topological polar surface area (TPSA) is 29.5 Å². The van der Waals surface area contributed by atoms with Crippen LogP contribution in [0.5, 0.6) is 5.75 Å². The highest BCUT2D eigenvalue weighted by Gasteiger charge is 2.07. The summed E-state index contributed by atoms with van der Waals surface area (Å²) in [5.74, 6) is 0.664. The monoisotopic (exact) mass is 201 g/mol. The van der Waals surface area contributed by atoms with E-state index in [2.05, 4.69) is 13.2 Å². The lowest BCUT2D eigenvalue weighted by atomic mass is 10.0. The Bertz CT molecular complexity index is 347. The quantitative estimate of drug-likeness (QED) is 0.563. The second kappa shape index (κ2) is 6.09. The molecule has 0 heterocycles. The summed E-state index contributed by atoms with van der Waals surface area (Å²) in [5.41, 5.74) is 2.18. The zero-order valence-corrected chi connectivity index (χ0v) is 8.65. The predicted octanol–water partition coefficient (Wildman–Crippen LogP) is 2.05. The minimum absolute atomic E-state index is 0.664. The highest BCUT2D eigenvalue weighted by atomic mass is 16.5. The van der Waals surface area contributed by atoms with Gasteiger partial charge in [0.1, 0.15) is 5.75 Å². The molecule has 0 amide bonds. The number of rotatable bonds is 6. The van der Waals surface area contributed by atoms with Crippen molar-refractivity contribution in [3.8, 4) is 5.75 Å². The van der Waals surface area contributed by atoms with Gasteiger partial charge in [0.15, 0.2) is 0 Å². The molecule has 0 unspecified atom stereocenters. The highest BCUT2D eigenvalue weighted by molar-refractivity contribution is 6.17. The van der Waals surface area contributed by atoms with Gasteiger partial charge in [-0.15, -0.1) is 13.2 Å². The van der Waals surface area contributed by atoms with Gasteiger partial charge in [-0.25, -0.2) is 0 Å². The standard InChI is InChI=1S/C12H14BO2/c1-3-6-10-8-5-9-12(15-13-14)11(10)7-4-2/h3-5,8-9,14H,1-2,6-7H2. The smallest absolute Gasteiger partial charge is 0.537 e. The van der Waals surface area contributed by atoms with E-state index in [0.29, 0.717) is 19.9 Å². The number of benzene rings is 1. The van der Waals surface area contributed by atoms with E-state index in [9.17, 15) is 0 Å². The first-order valence-electron chi connectivity index (χ1n) is 4.78. The van der Waals surface area contributed by atoms with Crippen LogP contribution in [0, 0.1) is 0 Å². The van der Waals surface area contributed by atoms with Crippen molar-refractivity contribution in [1.29, 1.82) is 0 Å². The van der Waals surface area contributed by atoms with Gasteiger partial charge in [-0.1, -0.05) is 24.3 Å². The molecule has 15 heavy (non-hydrogen) atoms. The molecule has 0 atom stereocenters. The molecule has 0 aliphatic heterocycles. The lowest BCUT2D eigenvalue weighted by Gasteiger charge is -2.12. The zero-order valence-electron chi connectivity index (χ0n) is 8.65. The van der Waals surface area contributed by atoms with Gasteiger partial charge in [0.2, 0.25) is 0 Å². The van der Waals surface area contributed by atoms with E-state index < -0.39 is 0 Å². The first kappa shape index (κ1) is 11.6. The fourth-order valence-corrected chi connectivity index (χ4v) is 1.50. The molecule has 1 aromatic carbocycles. The average Bonchev–Trinajstić information content (AvgIpc) is 2.23. The SMILES string of the molecule is C=CCc1cccc(O[B]O)c1CC=C. The molecule has 1 radical (unpaired) electrons. The Hall–Kier alpha value is -1.48. The van der Waals surface area contributed by atoms with Crippen LogP contribution in [-0.2, 0) is 12.8 Å². The molecular formula is C12H14BO2. The molecule has 0 bridgehead atoms. The Morgan fingerprint density at radius 3 is 2.60 bits per heavy atom. The largest absolute Gasteiger partial charge is 0.569 e. The number of allylic oxidation sites excluding steroid dienone is 2. The number of hydrogen-bond donors (Lipinski definition) is 1. The summed E-state index contributed by atoms with van der Waals surface area (Å²) < 4.78 is 5.03. The van der Waals surface area contributed by atoms with Crippen molar-refractivity contribution in [1.82, 2.24) is 0 Å². The third-order valence-corrected chi connectivity index (χ3v) is 2.12. The van der Waals surface area contributed by atoms with Gasteiger partial charge in [0.25, 0.3) is 0 Å². The maximum Gasteiger partial charge on any atom is 0.569 e. The molecule has 1 rings (SSSR count). The molecule has 1 N–H and O–H groups in total. The molecule has 0 fully saturated rings. The summed E-state index contributed by atoms with van der Waals surface area (Å²) in [6.07, 6.45) is 5.15. The summed E-state index contributed by atoms with van der Waals surface area (Å²) in [5, 5.41) is 8.64. The van der Waals surface area contributed by atoms with Crippen molar-refractivity contribution in [2.75, 3.05) is 0 Å². The molecule has 3 heteroatoms. The third kappa shape index (κ3) is 2.99. The highest BCUT2D eigenvalue weighted by Crippen LogP contribution is 2.23. The van der Waals surface area contributed by atoms with E-state index in [0.717, 1.165) is 17.5 Å². The van der Waals surface area contributed by atoms with Crippen molar-refractivity contribution in [3.63, 3.8) is 0 Å². The van der Waals surface area contributed by atoms with Crippen LogP contribution in [0.1, 0.15) is 11.1 Å². The minimum Gasteiger partial charge on any atom is -0.537 e. The van der Waals surface area contributed by atoms with E-state index in [1.54, 1.807) is 0 Å². The van der Waals surface area contributed by atoms with Gasteiger partial charge >= 0.3 is 7.69 Å². The van der Waals surface area contributed by atoms with E-state index in [-0.39, 0.29) is 0 Å². The lowest BCUT2D eigenvalue weighted by Crippen LogP contribution is -2.04. The molecule has 0 spiro atoms. The van der Waals surface area contributed by atoms with Gasteiger partial charge < -0.3 is 9.68 Å². The van der Waals surface area contributed by atoms with Crippen LogP contribution >= 0.6 is 0 Å². The summed E-state index contributed by atoms with van der Waals surface area (Å²) >= 11 is 0. The Balaban J connectivity index is 3.08. The second-order valence-corrected chi connectivity index (χ2v) is 3.10. The van der Waals surface area contributed by atoms with Gasteiger partial charge in [0.05, 0.1) is 0 Å². The van der Waals surface area contributed by atoms with Crippen LogP contribution in [0.25, 0.3) is 0 Å². The van der Waals surface area contributed by atoms with E-state index in [1.165, 1.54) is 0 Å². The van der Waals surface area contributed by atoms with Gasteiger partial charge in [-0.05, 0) is 30.0 Å². The average molecular weight is 201 g/mol. The fourth-order valence-electron chi connectivity index (χ4n) is 1.50. The second-order valence-electron chi connectivity index (χ2n) is 3.10.